The van der Waals surface area contributed by atoms with E-state index in [0.29, 0.717) is 36.8 Å². The zero-order valence-corrected chi connectivity index (χ0v) is 11.0. The number of nitrogen functional groups attached to an aromatic ring is 1. The van der Waals surface area contributed by atoms with Crippen LogP contribution >= 0.6 is 0 Å². The van der Waals surface area contributed by atoms with Gasteiger partial charge < -0.3 is 21.5 Å². The molecule has 0 aliphatic rings. The number of hydrogen-bond acceptors (Lipinski definition) is 5. The van der Waals surface area contributed by atoms with Crippen LogP contribution in [0.2, 0.25) is 0 Å². The number of hydrogen-bond donors (Lipinski definition) is 3. The van der Waals surface area contributed by atoms with E-state index in [1.54, 1.807) is 24.3 Å². The molecule has 1 heterocycles. The standard InChI is InChI=1S/C14H17FN4O/c15-11-3-1-2-4-13(11)20-12-5-7-19-14(17)10(12)9-18-8-6-16/h1-5,7,18H,6,8-9,16H2,(H2,17,19). The fraction of sp³-hybridized carbons (Fsp3) is 0.214. The molecule has 0 fully saturated rings. The van der Waals surface area contributed by atoms with Crippen LogP contribution in [0.4, 0.5) is 10.2 Å². The van der Waals surface area contributed by atoms with E-state index in [-0.39, 0.29) is 5.75 Å². The van der Waals surface area contributed by atoms with Crippen molar-refractivity contribution >= 4 is 5.82 Å². The zero-order chi connectivity index (χ0) is 14.4. The van der Waals surface area contributed by atoms with Gasteiger partial charge in [0.15, 0.2) is 11.6 Å². The summed E-state index contributed by atoms with van der Waals surface area (Å²) in [5, 5.41) is 3.11. The van der Waals surface area contributed by atoms with E-state index >= 15 is 0 Å². The molecule has 5 nitrogen and oxygen atoms in total. The molecule has 0 saturated heterocycles. The molecule has 2 aromatic rings. The molecule has 0 spiro atoms. The van der Waals surface area contributed by atoms with Gasteiger partial charge in [-0.05, 0) is 18.2 Å². The van der Waals surface area contributed by atoms with E-state index in [0.717, 1.165) is 0 Å². The maximum atomic E-state index is 13.6. The lowest BCUT2D eigenvalue weighted by Gasteiger charge is -2.13. The van der Waals surface area contributed by atoms with Crippen LogP contribution in [0.1, 0.15) is 5.56 Å². The van der Waals surface area contributed by atoms with Crippen molar-refractivity contribution < 1.29 is 9.13 Å². The predicted molar refractivity (Wildman–Crippen MR) is 75.9 cm³/mol. The number of nitrogens with two attached hydrogens (primary N) is 2. The van der Waals surface area contributed by atoms with Crippen molar-refractivity contribution in [3.63, 3.8) is 0 Å². The van der Waals surface area contributed by atoms with Crippen LogP contribution < -0.4 is 21.5 Å². The van der Waals surface area contributed by atoms with E-state index in [1.165, 1.54) is 12.3 Å². The smallest absolute Gasteiger partial charge is 0.165 e. The minimum absolute atomic E-state index is 0.151. The van der Waals surface area contributed by atoms with Gasteiger partial charge in [-0.3, -0.25) is 0 Å². The first-order chi connectivity index (χ1) is 9.72. The summed E-state index contributed by atoms with van der Waals surface area (Å²) in [6.45, 7) is 1.62. The summed E-state index contributed by atoms with van der Waals surface area (Å²) in [6.07, 6.45) is 1.53. The van der Waals surface area contributed by atoms with Crippen LogP contribution in [-0.4, -0.2) is 18.1 Å². The van der Waals surface area contributed by atoms with E-state index in [2.05, 4.69) is 10.3 Å². The number of anilines is 1. The van der Waals surface area contributed by atoms with Crippen LogP contribution in [0.25, 0.3) is 0 Å². The number of nitrogens with zero attached hydrogens (tertiary/aromatic N) is 1. The Morgan fingerprint density at radius 3 is 2.75 bits per heavy atom. The molecule has 0 atom stereocenters. The van der Waals surface area contributed by atoms with Gasteiger partial charge in [-0.1, -0.05) is 12.1 Å². The molecule has 0 aliphatic heterocycles. The minimum atomic E-state index is -0.427. The van der Waals surface area contributed by atoms with Crippen LogP contribution in [0.5, 0.6) is 11.5 Å². The molecule has 2 rings (SSSR count). The van der Waals surface area contributed by atoms with Gasteiger partial charge >= 0.3 is 0 Å². The molecule has 1 aromatic carbocycles. The third kappa shape index (κ3) is 3.43. The number of ether oxygens (including phenoxy) is 1. The van der Waals surface area contributed by atoms with E-state index in [9.17, 15) is 4.39 Å². The fourth-order valence-corrected chi connectivity index (χ4v) is 1.72. The summed E-state index contributed by atoms with van der Waals surface area (Å²) in [4.78, 5) is 4.02. The molecule has 20 heavy (non-hydrogen) atoms. The molecule has 106 valence electrons. The Hall–Kier alpha value is -2.18. The Bertz CT molecular complexity index is 577. The number of aromatic nitrogens is 1. The Balaban J connectivity index is 2.23. The number of halogens is 1. The second kappa shape index (κ2) is 6.83. The van der Waals surface area contributed by atoms with Crippen molar-refractivity contribution in [2.24, 2.45) is 5.73 Å². The summed E-state index contributed by atoms with van der Waals surface area (Å²) in [5.41, 5.74) is 11.9. The van der Waals surface area contributed by atoms with E-state index < -0.39 is 5.82 Å². The van der Waals surface area contributed by atoms with Crippen molar-refractivity contribution in [3.8, 4) is 11.5 Å². The Labute approximate surface area is 116 Å². The van der Waals surface area contributed by atoms with Crippen molar-refractivity contribution in [1.82, 2.24) is 10.3 Å². The highest BCUT2D eigenvalue weighted by Gasteiger charge is 2.11. The third-order valence-electron chi connectivity index (χ3n) is 2.73. The van der Waals surface area contributed by atoms with Gasteiger partial charge in [0.05, 0.1) is 5.56 Å². The van der Waals surface area contributed by atoms with Gasteiger partial charge in [-0.25, -0.2) is 9.37 Å². The monoisotopic (exact) mass is 276 g/mol. The number of rotatable bonds is 6. The van der Waals surface area contributed by atoms with Gasteiger partial charge in [-0.2, -0.15) is 0 Å². The molecular weight excluding hydrogens is 259 g/mol. The highest BCUT2D eigenvalue weighted by atomic mass is 19.1. The van der Waals surface area contributed by atoms with Crippen LogP contribution in [0.15, 0.2) is 36.5 Å². The highest BCUT2D eigenvalue weighted by Crippen LogP contribution is 2.29. The first-order valence-corrected chi connectivity index (χ1v) is 6.29. The van der Waals surface area contributed by atoms with E-state index in [4.69, 9.17) is 16.2 Å². The summed E-state index contributed by atoms with van der Waals surface area (Å²) in [5.74, 6) is 0.553. The first kappa shape index (κ1) is 14.2. The summed E-state index contributed by atoms with van der Waals surface area (Å²) >= 11 is 0. The molecule has 5 N–H and O–H groups in total. The maximum absolute atomic E-state index is 13.6. The lowest BCUT2D eigenvalue weighted by Crippen LogP contribution is -2.22. The average Bonchev–Trinajstić information content (AvgIpc) is 2.44. The number of nitrogens with one attached hydrogen (secondary N) is 1. The summed E-state index contributed by atoms with van der Waals surface area (Å²) in [7, 11) is 0. The SMILES string of the molecule is NCCNCc1c(Oc2ccccc2F)ccnc1N. The minimum Gasteiger partial charge on any atom is -0.454 e. The maximum Gasteiger partial charge on any atom is 0.165 e. The molecule has 0 aliphatic carbocycles. The Morgan fingerprint density at radius 1 is 1.20 bits per heavy atom. The Morgan fingerprint density at radius 2 is 2.00 bits per heavy atom. The number of pyridine rings is 1. The van der Waals surface area contributed by atoms with E-state index in [1.807, 2.05) is 0 Å². The van der Waals surface area contributed by atoms with Crippen LogP contribution in [0, 0.1) is 5.82 Å². The van der Waals surface area contributed by atoms with Gasteiger partial charge in [0, 0.05) is 25.8 Å². The van der Waals surface area contributed by atoms with Crippen molar-refractivity contribution in [2.45, 2.75) is 6.54 Å². The molecule has 0 unspecified atom stereocenters. The quantitative estimate of drug-likeness (QED) is 0.698. The van der Waals surface area contributed by atoms with Crippen molar-refractivity contribution in [1.29, 1.82) is 0 Å². The molecular formula is C14H17FN4O. The summed E-state index contributed by atoms with van der Waals surface area (Å²) < 4.78 is 19.2. The fourth-order valence-electron chi connectivity index (χ4n) is 1.72. The number of benzene rings is 1. The van der Waals surface area contributed by atoms with Gasteiger partial charge in [0.25, 0.3) is 0 Å². The molecule has 6 heteroatoms. The second-order valence-electron chi connectivity index (χ2n) is 4.17. The average molecular weight is 276 g/mol. The molecule has 0 radical (unpaired) electrons. The molecule has 0 bridgehead atoms. The van der Waals surface area contributed by atoms with Crippen molar-refractivity contribution in [3.05, 3.63) is 47.9 Å². The second-order valence-corrected chi connectivity index (χ2v) is 4.17. The predicted octanol–water partition coefficient (Wildman–Crippen LogP) is 1.64. The van der Waals surface area contributed by atoms with Crippen LogP contribution in [-0.2, 0) is 6.54 Å². The summed E-state index contributed by atoms with van der Waals surface area (Å²) in [6, 6.07) is 7.86. The lowest BCUT2D eigenvalue weighted by atomic mass is 10.2. The van der Waals surface area contributed by atoms with Gasteiger partial charge in [0.2, 0.25) is 0 Å². The molecule has 0 amide bonds. The normalized spacial score (nSPS) is 10.5. The van der Waals surface area contributed by atoms with Crippen LogP contribution in [0.3, 0.4) is 0 Å². The Kier molecular flexibility index (Phi) is 4.86. The topological polar surface area (TPSA) is 86.2 Å². The number of para-hydroxylation sites is 1. The zero-order valence-electron chi connectivity index (χ0n) is 11.0. The molecule has 1 aromatic heterocycles. The lowest BCUT2D eigenvalue weighted by molar-refractivity contribution is 0.435. The first-order valence-electron chi connectivity index (χ1n) is 6.29. The third-order valence-corrected chi connectivity index (χ3v) is 2.73. The largest absolute Gasteiger partial charge is 0.454 e. The molecule has 0 saturated carbocycles. The van der Waals surface area contributed by atoms with Gasteiger partial charge in [0.1, 0.15) is 11.6 Å². The van der Waals surface area contributed by atoms with Gasteiger partial charge in [-0.15, -0.1) is 0 Å². The van der Waals surface area contributed by atoms with Crippen molar-refractivity contribution in [2.75, 3.05) is 18.8 Å². The highest BCUT2D eigenvalue weighted by molar-refractivity contribution is 5.49.